The van der Waals surface area contributed by atoms with Crippen molar-refractivity contribution >= 4 is 17.2 Å². The van der Waals surface area contributed by atoms with Gasteiger partial charge in [0.25, 0.3) is 5.91 Å². The molecule has 1 fully saturated rings. The van der Waals surface area contributed by atoms with E-state index in [-0.39, 0.29) is 5.91 Å². The van der Waals surface area contributed by atoms with Crippen LogP contribution in [0.15, 0.2) is 22.3 Å². The Kier molecular flexibility index (Phi) is 2.48. The third-order valence-electron chi connectivity index (χ3n) is 3.84. The molecule has 4 rings (SSSR count). The average Bonchev–Trinajstić information content (AvgIpc) is 3.00. The maximum absolute atomic E-state index is 12.6. The molecular formula is C14H14N2O2S. The number of hydrogen-bond donors (Lipinski definition) is 0. The summed E-state index contributed by atoms with van der Waals surface area (Å²) < 4.78 is 5.40. The van der Waals surface area contributed by atoms with Crippen molar-refractivity contribution in [3.05, 3.63) is 39.7 Å². The van der Waals surface area contributed by atoms with Crippen LogP contribution in [0.4, 0.5) is 0 Å². The number of amides is 1. The Labute approximate surface area is 115 Å². The molecule has 19 heavy (non-hydrogen) atoms. The van der Waals surface area contributed by atoms with Crippen LogP contribution in [-0.4, -0.2) is 22.3 Å². The van der Waals surface area contributed by atoms with E-state index in [1.807, 2.05) is 4.90 Å². The van der Waals surface area contributed by atoms with Crippen molar-refractivity contribution in [3.8, 4) is 0 Å². The van der Waals surface area contributed by atoms with Gasteiger partial charge in [0.05, 0.1) is 0 Å². The number of thiophene rings is 1. The van der Waals surface area contributed by atoms with Crippen molar-refractivity contribution in [3.63, 3.8) is 0 Å². The summed E-state index contributed by atoms with van der Waals surface area (Å²) in [7, 11) is 0. The Hall–Kier alpha value is -1.62. The summed E-state index contributed by atoms with van der Waals surface area (Å²) in [5.41, 5.74) is 1.81. The first kappa shape index (κ1) is 11.2. The summed E-state index contributed by atoms with van der Waals surface area (Å²) >= 11 is 1.78. The van der Waals surface area contributed by atoms with E-state index in [0.717, 1.165) is 31.6 Å². The topological polar surface area (TPSA) is 46.3 Å². The zero-order valence-electron chi connectivity index (χ0n) is 10.5. The molecule has 0 unspecified atom stereocenters. The maximum Gasteiger partial charge on any atom is 0.276 e. The molecular weight excluding hydrogens is 260 g/mol. The van der Waals surface area contributed by atoms with Gasteiger partial charge in [-0.05, 0) is 36.3 Å². The number of fused-ring (bicyclic) bond motifs is 1. The number of hydrogen-bond acceptors (Lipinski definition) is 4. The molecule has 1 aliphatic heterocycles. The molecule has 4 nitrogen and oxygen atoms in total. The minimum atomic E-state index is 0.0208. The van der Waals surface area contributed by atoms with Crippen LogP contribution >= 0.6 is 11.3 Å². The predicted molar refractivity (Wildman–Crippen MR) is 71.2 cm³/mol. The van der Waals surface area contributed by atoms with Crippen LogP contribution in [-0.2, 0) is 13.0 Å². The van der Waals surface area contributed by atoms with Crippen molar-refractivity contribution in [2.75, 3.05) is 6.54 Å². The van der Waals surface area contributed by atoms with E-state index >= 15 is 0 Å². The number of rotatable bonds is 2. The zero-order valence-corrected chi connectivity index (χ0v) is 11.3. The second kappa shape index (κ2) is 4.20. The van der Waals surface area contributed by atoms with Gasteiger partial charge in [0, 0.05) is 23.9 Å². The summed E-state index contributed by atoms with van der Waals surface area (Å²) in [5.74, 6) is 1.23. The lowest BCUT2D eigenvalue weighted by Gasteiger charge is -2.26. The van der Waals surface area contributed by atoms with Gasteiger partial charge in [0.2, 0.25) is 0 Å². The summed E-state index contributed by atoms with van der Waals surface area (Å²) in [6, 6.07) is 2.12. The fraction of sp³-hybridized carbons (Fsp3) is 0.429. The number of nitrogens with zero attached hydrogens (tertiary/aromatic N) is 2. The second-order valence-corrected chi connectivity index (χ2v) is 6.19. The molecule has 0 N–H and O–H groups in total. The van der Waals surface area contributed by atoms with E-state index in [2.05, 4.69) is 16.4 Å². The van der Waals surface area contributed by atoms with E-state index in [0.29, 0.717) is 18.2 Å². The van der Waals surface area contributed by atoms with Gasteiger partial charge >= 0.3 is 0 Å². The van der Waals surface area contributed by atoms with Gasteiger partial charge in [-0.1, -0.05) is 0 Å². The van der Waals surface area contributed by atoms with Crippen molar-refractivity contribution < 1.29 is 9.21 Å². The molecule has 0 aromatic carbocycles. The van der Waals surface area contributed by atoms with Crippen LogP contribution in [0.1, 0.15) is 45.4 Å². The Bertz CT molecular complexity index is 627. The van der Waals surface area contributed by atoms with Gasteiger partial charge in [-0.2, -0.15) is 0 Å². The quantitative estimate of drug-likeness (QED) is 0.846. The van der Waals surface area contributed by atoms with Gasteiger partial charge in [0.1, 0.15) is 5.76 Å². The molecule has 1 aliphatic carbocycles. The third kappa shape index (κ3) is 1.89. The molecule has 5 heteroatoms. The molecule has 0 bridgehead atoms. The standard InChI is InChI=1S/C14H14N2O2S/c17-14(12-13(9-1-2-9)18-8-15-12)16-5-3-11-10(7-16)4-6-19-11/h4,6,8-9H,1-3,5,7H2. The normalized spacial score (nSPS) is 18.4. The Balaban J connectivity index is 1.59. The second-order valence-electron chi connectivity index (χ2n) is 5.19. The number of aromatic nitrogens is 1. The molecule has 0 radical (unpaired) electrons. The SMILES string of the molecule is O=C(c1ncoc1C1CC1)N1CCc2sccc2C1. The van der Waals surface area contributed by atoms with Crippen molar-refractivity contribution in [1.82, 2.24) is 9.88 Å². The van der Waals surface area contributed by atoms with Gasteiger partial charge in [0.15, 0.2) is 12.1 Å². The third-order valence-corrected chi connectivity index (χ3v) is 4.86. The lowest BCUT2D eigenvalue weighted by atomic mass is 10.1. The molecule has 98 valence electrons. The van der Waals surface area contributed by atoms with Gasteiger partial charge < -0.3 is 9.32 Å². The molecule has 1 amide bonds. The molecule has 2 aromatic rings. The van der Waals surface area contributed by atoms with Crippen LogP contribution in [0.25, 0.3) is 0 Å². The van der Waals surface area contributed by atoms with E-state index < -0.39 is 0 Å². The fourth-order valence-electron chi connectivity index (χ4n) is 2.62. The first-order valence-electron chi connectivity index (χ1n) is 6.61. The van der Waals surface area contributed by atoms with E-state index in [1.54, 1.807) is 11.3 Å². The minimum Gasteiger partial charge on any atom is -0.447 e. The Morgan fingerprint density at radius 1 is 1.47 bits per heavy atom. The van der Waals surface area contributed by atoms with Crippen LogP contribution in [0.2, 0.25) is 0 Å². The monoisotopic (exact) mass is 274 g/mol. The lowest BCUT2D eigenvalue weighted by molar-refractivity contribution is 0.0728. The number of oxazole rings is 1. The molecule has 3 heterocycles. The van der Waals surface area contributed by atoms with Gasteiger partial charge in [-0.25, -0.2) is 4.98 Å². The van der Waals surface area contributed by atoms with Crippen LogP contribution in [0.3, 0.4) is 0 Å². The van der Waals surface area contributed by atoms with Crippen molar-refractivity contribution in [2.45, 2.75) is 31.7 Å². The van der Waals surface area contributed by atoms with Gasteiger partial charge in [-0.15, -0.1) is 11.3 Å². The summed E-state index contributed by atoms with van der Waals surface area (Å²) in [4.78, 5) is 20.0. The average molecular weight is 274 g/mol. The maximum atomic E-state index is 12.6. The summed E-state index contributed by atoms with van der Waals surface area (Å²) in [5, 5.41) is 2.10. The molecule has 1 saturated carbocycles. The van der Waals surface area contributed by atoms with E-state index in [9.17, 15) is 4.79 Å². The van der Waals surface area contributed by atoms with Gasteiger partial charge in [-0.3, -0.25) is 4.79 Å². The minimum absolute atomic E-state index is 0.0208. The molecule has 0 spiro atoms. The summed E-state index contributed by atoms with van der Waals surface area (Å²) in [6.07, 6.45) is 4.59. The highest BCUT2D eigenvalue weighted by Crippen LogP contribution is 2.41. The summed E-state index contributed by atoms with van der Waals surface area (Å²) in [6.45, 7) is 1.48. The van der Waals surface area contributed by atoms with E-state index in [4.69, 9.17) is 4.42 Å². The molecule has 0 atom stereocenters. The highest BCUT2D eigenvalue weighted by Gasteiger charge is 2.34. The highest BCUT2D eigenvalue weighted by molar-refractivity contribution is 7.10. The Morgan fingerprint density at radius 2 is 2.37 bits per heavy atom. The smallest absolute Gasteiger partial charge is 0.276 e. The molecule has 2 aromatic heterocycles. The number of carbonyl (C=O) groups excluding carboxylic acids is 1. The largest absolute Gasteiger partial charge is 0.447 e. The van der Waals surface area contributed by atoms with Crippen LogP contribution in [0, 0.1) is 0 Å². The van der Waals surface area contributed by atoms with Crippen molar-refractivity contribution in [2.24, 2.45) is 0 Å². The lowest BCUT2D eigenvalue weighted by Crippen LogP contribution is -2.35. The van der Waals surface area contributed by atoms with Crippen molar-refractivity contribution in [1.29, 1.82) is 0 Å². The zero-order chi connectivity index (χ0) is 12.8. The Morgan fingerprint density at radius 3 is 3.21 bits per heavy atom. The van der Waals surface area contributed by atoms with Crippen LogP contribution in [0.5, 0.6) is 0 Å². The predicted octanol–water partition coefficient (Wildman–Crippen LogP) is 2.81. The number of carbonyl (C=O) groups is 1. The first-order chi connectivity index (χ1) is 9.33. The highest BCUT2D eigenvalue weighted by atomic mass is 32.1. The van der Waals surface area contributed by atoms with Crippen LogP contribution < -0.4 is 0 Å². The fourth-order valence-corrected chi connectivity index (χ4v) is 3.51. The first-order valence-corrected chi connectivity index (χ1v) is 7.49. The molecule has 0 saturated heterocycles. The van der Waals surface area contributed by atoms with E-state index in [1.165, 1.54) is 16.8 Å². The molecule has 2 aliphatic rings.